The zero-order chi connectivity index (χ0) is 26.0. The number of halogens is 6. The summed E-state index contributed by atoms with van der Waals surface area (Å²) < 4.78 is 96.6. The number of alkyl halides is 6. The molecular formula is C25H38F6O3. The van der Waals surface area contributed by atoms with E-state index < -0.39 is 29.5 Å². The summed E-state index contributed by atoms with van der Waals surface area (Å²) in [5.74, 6) is -1.83. The summed E-state index contributed by atoms with van der Waals surface area (Å²) in [6, 6.07) is 1.71. The molecule has 0 saturated heterocycles. The van der Waals surface area contributed by atoms with Crippen LogP contribution in [0.1, 0.15) is 88.8 Å². The van der Waals surface area contributed by atoms with E-state index in [2.05, 4.69) is 6.92 Å². The lowest BCUT2D eigenvalue weighted by Crippen LogP contribution is -2.46. The summed E-state index contributed by atoms with van der Waals surface area (Å²) in [6.45, 7) is 5.73. The van der Waals surface area contributed by atoms with Crippen LogP contribution in [-0.4, -0.2) is 26.3 Å². The fraction of sp³-hybridized carbons (Fsp3) is 0.760. The number of hydrogen-bond donors (Lipinski definition) is 0. The maximum atomic E-state index is 13.2. The molecule has 1 rings (SSSR count). The molecule has 0 saturated carbocycles. The molecule has 0 radical (unpaired) electrons. The molecule has 0 bridgehead atoms. The summed E-state index contributed by atoms with van der Waals surface area (Å²) in [5, 5.41) is 0. The monoisotopic (exact) mass is 500 g/mol. The minimum Gasteiger partial charge on any atom is -0.331 e. The van der Waals surface area contributed by atoms with Crippen LogP contribution in [-0.2, 0) is 33.0 Å². The number of unbranched alkanes of at least 4 members (excludes halogenated alkanes) is 5. The smallest absolute Gasteiger partial charge is 0.331 e. The summed E-state index contributed by atoms with van der Waals surface area (Å²) in [5.41, 5.74) is -2.67. The van der Waals surface area contributed by atoms with Gasteiger partial charge in [-0.05, 0) is 56.9 Å². The van der Waals surface area contributed by atoms with E-state index in [0.29, 0.717) is 6.42 Å². The molecule has 0 N–H and O–H groups in total. The van der Waals surface area contributed by atoms with Crippen molar-refractivity contribution in [2.75, 3.05) is 14.2 Å². The Kier molecular flexibility index (Phi) is 12.4. The van der Waals surface area contributed by atoms with E-state index in [4.69, 9.17) is 14.2 Å². The first kappa shape index (κ1) is 30.7. The minimum atomic E-state index is -4.88. The Balaban J connectivity index is 3.15. The Bertz CT molecular complexity index is 679. The van der Waals surface area contributed by atoms with Crippen molar-refractivity contribution >= 4 is 0 Å². The van der Waals surface area contributed by atoms with E-state index in [-0.39, 0.29) is 36.5 Å². The predicted octanol–water partition coefficient (Wildman–Crippen LogP) is 8.40. The Morgan fingerprint density at radius 2 is 1.24 bits per heavy atom. The molecule has 9 heteroatoms. The minimum absolute atomic E-state index is 0.0105. The first-order chi connectivity index (χ1) is 15.8. The van der Waals surface area contributed by atoms with Crippen LogP contribution in [0.15, 0.2) is 18.2 Å². The van der Waals surface area contributed by atoms with Crippen molar-refractivity contribution in [2.45, 2.75) is 103 Å². The van der Waals surface area contributed by atoms with Crippen molar-refractivity contribution in [1.82, 2.24) is 0 Å². The Morgan fingerprint density at radius 1 is 0.735 bits per heavy atom. The molecule has 0 amide bonds. The molecule has 198 valence electrons. The number of hydrogen-bond acceptors (Lipinski definition) is 3. The quantitative estimate of drug-likeness (QED) is 0.137. The SMILES string of the molecule is CCCCCCCCC(CCc1cc(C(F)(F)F)cc(C(F)(F)F)c1)C(OC)(OC)OC(C)C. The molecule has 0 aliphatic carbocycles. The van der Waals surface area contributed by atoms with Gasteiger partial charge in [0, 0.05) is 20.1 Å². The number of aryl methyl sites for hydroxylation is 1. The summed E-state index contributed by atoms with van der Waals surface area (Å²) >= 11 is 0. The fourth-order valence-corrected chi connectivity index (χ4v) is 4.11. The lowest BCUT2D eigenvalue weighted by atomic mass is 9.90. The van der Waals surface area contributed by atoms with Crippen LogP contribution in [0.25, 0.3) is 0 Å². The highest BCUT2D eigenvalue weighted by molar-refractivity contribution is 5.33. The van der Waals surface area contributed by atoms with Crippen molar-refractivity contribution in [1.29, 1.82) is 0 Å². The molecule has 0 fully saturated rings. The molecule has 0 aliphatic heterocycles. The second kappa shape index (κ2) is 13.7. The van der Waals surface area contributed by atoms with Crippen LogP contribution in [0, 0.1) is 5.92 Å². The van der Waals surface area contributed by atoms with Crippen LogP contribution in [0.2, 0.25) is 0 Å². The third kappa shape index (κ3) is 9.74. The molecule has 0 heterocycles. The Labute approximate surface area is 199 Å². The van der Waals surface area contributed by atoms with Gasteiger partial charge in [-0.2, -0.15) is 26.3 Å². The van der Waals surface area contributed by atoms with Gasteiger partial charge in [0.1, 0.15) is 0 Å². The summed E-state index contributed by atoms with van der Waals surface area (Å²) in [6.07, 6.45) is -2.96. The Morgan fingerprint density at radius 3 is 1.68 bits per heavy atom. The van der Waals surface area contributed by atoms with Crippen LogP contribution >= 0.6 is 0 Å². The van der Waals surface area contributed by atoms with Gasteiger partial charge in [-0.3, -0.25) is 0 Å². The van der Waals surface area contributed by atoms with Gasteiger partial charge in [0.15, 0.2) is 0 Å². The number of methoxy groups -OCH3 is 2. The second-order valence-electron chi connectivity index (χ2n) is 8.88. The highest BCUT2D eigenvalue weighted by Gasteiger charge is 2.42. The number of benzene rings is 1. The first-order valence-electron chi connectivity index (χ1n) is 11.9. The van der Waals surface area contributed by atoms with E-state index >= 15 is 0 Å². The van der Waals surface area contributed by atoms with Gasteiger partial charge in [0.25, 0.3) is 5.97 Å². The lowest BCUT2D eigenvalue weighted by molar-refractivity contribution is -0.399. The molecule has 0 aliphatic rings. The van der Waals surface area contributed by atoms with Gasteiger partial charge in [-0.15, -0.1) is 0 Å². The van der Waals surface area contributed by atoms with Gasteiger partial charge in [0.05, 0.1) is 17.2 Å². The van der Waals surface area contributed by atoms with E-state index in [9.17, 15) is 26.3 Å². The highest BCUT2D eigenvalue weighted by atomic mass is 19.4. The predicted molar refractivity (Wildman–Crippen MR) is 119 cm³/mol. The maximum Gasteiger partial charge on any atom is 0.416 e. The van der Waals surface area contributed by atoms with E-state index in [1.807, 2.05) is 0 Å². The number of rotatable bonds is 15. The first-order valence-corrected chi connectivity index (χ1v) is 11.9. The third-order valence-electron chi connectivity index (χ3n) is 5.80. The molecule has 34 heavy (non-hydrogen) atoms. The van der Waals surface area contributed by atoms with Gasteiger partial charge >= 0.3 is 12.4 Å². The van der Waals surface area contributed by atoms with Gasteiger partial charge in [-0.25, -0.2) is 0 Å². The molecule has 1 aromatic rings. The largest absolute Gasteiger partial charge is 0.416 e. The molecule has 1 atom stereocenters. The lowest BCUT2D eigenvalue weighted by Gasteiger charge is -2.39. The zero-order valence-corrected chi connectivity index (χ0v) is 20.7. The topological polar surface area (TPSA) is 27.7 Å². The van der Waals surface area contributed by atoms with Crippen LogP contribution in [0.5, 0.6) is 0 Å². The zero-order valence-electron chi connectivity index (χ0n) is 20.7. The van der Waals surface area contributed by atoms with Crippen LogP contribution in [0.4, 0.5) is 26.3 Å². The van der Waals surface area contributed by atoms with Gasteiger partial charge in [0.2, 0.25) is 0 Å². The summed E-state index contributed by atoms with van der Waals surface area (Å²) in [7, 11) is 2.85. The van der Waals surface area contributed by atoms with Gasteiger partial charge in [-0.1, -0.05) is 45.4 Å². The van der Waals surface area contributed by atoms with Crippen molar-refractivity contribution in [3.05, 3.63) is 34.9 Å². The molecule has 0 spiro atoms. The van der Waals surface area contributed by atoms with E-state index in [0.717, 1.165) is 50.7 Å². The maximum absolute atomic E-state index is 13.2. The molecule has 3 nitrogen and oxygen atoms in total. The van der Waals surface area contributed by atoms with Crippen molar-refractivity contribution in [2.24, 2.45) is 5.92 Å². The van der Waals surface area contributed by atoms with Crippen molar-refractivity contribution in [3.8, 4) is 0 Å². The van der Waals surface area contributed by atoms with Crippen molar-refractivity contribution < 1.29 is 40.6 Å². The highest BCUT2D eigenvalue weighted by Crippen LogP contribution is 2.38. The third-order valence-corrected chi connectivity index (χ3v) is 5.80. The normalized spacial score (nSPS) is 14.1. The molecule has 1 unspecified atom stereocenters. The second-order valence-corrected chi connectivity index (χ2v) is 8.88. The number of ether oxygens (including phenoxy) is 3. The molecular weight excluding hydrogens is 462 g/mol. The average molecular weight is 501 g/mol. The standard InChI is InChI=1S/C25H38F6O3/c1-6-7-8-9-10-11-12-20(25(32-4,33-5)34-18(2)3)14-13-19-15-21(23(26,27)28)17-22(16-19)24(29,30)31/h15-18,20H,6-14H2,1-5H3. The van der Waals surface area contributed by atoms with E-state index in [1.165, 1.54) is 14.2 Å². The van der Waals surface area contributed by atoms with Crippen molar-refractivity contribution in [3.63, 3.8) is 0 Å². The fourth-order valence-electron chi connectivity index (χ4n) is 4.11. The van der Waals surface area contributed by atoms with E-state index in [1.54, 1.807) is 13.8 Å². The van der Waals surface area contributed by atoms with Gasteiger partial charge < -0.3 is 14.2 Å². The average Bonchev–Trinajstić information content (AvgIpc) is 2.75. The van der Waals surface area contributed by atoms with Crippen LogP contribution < -0.4 is 0 Å². The summed E-state index contributed by atoms with van der Waals surface area (Å²) in [4.78, 5) is 0. The molecule has 1 aromatic carbocycles. The van der Waals surface area contributed by atoms with Crippen LogP contribution in [0.3, 0.4) is 0 Å². The molecule has 0 aromatic heterocycles. The Hall–Kier alpha value is -1.32.